The summed E-state index contributed by atoms with van der Waals surface area (Å²) in [5.41, 5.74) is 2.56. The number of rotatable bonds is 6. The van der Waals surface area contributed by atoms with Crippen molar-refractivity contribution in [1.82, 2.24) is 19.9 Å². The van der Waals surface area contributed by atoms with Gasteiger partial charge < -0.3 is 14.5 Å². The van der Waals surface area contributed by atoms with Gasteiger partial charge in [0.05, 0.1) is 13.3 Å². The number of hydrogen-bond acceptors (Lipinski definition) is 7. The normalized spacial score (nSPS) is 11.0. The van der Waals surface area contributed by atoms with Gasteiger partial charge in [0.15, 0.2) is 5.76 Å². The summed E-state index contributed by atoms with van der Waals surface area (Å²) in [7, 11) is 1.64. The Balaban J connectivity index is 1.49. The molecule has 1 aromatic carbocycles. The molecule has 0 aliphatic heterocycles. The van der Waals surface area contributed by atoms with E-state index in [9.17, 15) is 0 Å². The first-order valence-electron chi connectivity index (χ1n) is 9.02. The van der Waals surface area contributed by atoms with E-state index in [2.05, 4.69) is 25.3 Å². The zero-order valence-electron chi connectivity index (χ0n) is 16.0. The number of nitrogens with zero attached hydrogens (tertiary/aromatic N) is 4. The number of benzene rings is 1. The molecule has 3 heterocycles. The van der Waals surface area contributed by atoms with Crippen LogP contribution in [0, 0.1) is 6.92 Å². The molecule has 0 saturated carbocycles. The highest BCUT2D eigenvalue weighted by atomic mass is 16.5. The zero-order valence-corrected chi connectivity index (χ0v) is 16.0. The van der Waals surface area contributed by atoms with Crippen LogP contribution in [0.3, 0.4) is 0 Å². The predicted molar refractivity (Wildman–Crippen MR) is 112 cm³/mol. The molecule has 7 heteroatoms. The second-order valence-electron chi connectivity index (χ2n) is 6.22. The molecular formula is C22H19N5O2. The number of pyridine rings is 1. The third kappa shape index (κ3) is 4.65. The number of aryl methyl sites for hydroxylation is 1. The molecule has 0 unspecified atom stereocenters. The molecule has 0 spiro atoms. The van der Waals surface area contributed by atoms with E-state index in [-0.39, 0.29) is 0 Å². The Bertz CT molecular complexity index is 1140. The summed E-state index contributed by atoms with van der Waals surface area (Å²) in [6.07, 6.45) is 7.10. The third-order valence-corrected chi connectivity index (χ3v) is 4.09. The SMILES string of the molecule is COc1ccc(/C=C/c2ncc(-c3cccc(Nc4nccc(C)n4)n3)o2)cc1. The van der Waals surface area contributed by atoms with E-state index in [0.29, 0.717) is 29.1 Å². The molecule has 0 aliphatic carbocycles. The summed E-state index contributed by atoms with van der Waals surface area (Å²) in [5.74, 6) is 3.01. The zero-order chi connectivity index (χ0) is 20.1. The van der Waals surface area contributed by atoms with Gasteiger partial charge in [-0.1, -0.05) is 18.2 Å². The maximum absolute atomic E-state index is 5.82. The molecule has 0 radical (unpaired) electrons. The molecule has 7 nitrogen and oxygen atoms in total. The fourth-order valence-electron chi connectivity index (χ4n) is 2.63. The summed E-state index contributed by atoms with van der Waals surface area (Å²) < 4.78 is 11.0. The lowest BCUT2D eigenvalue weighted by molar-refractivity contribution is 0.415. The summed E-state index contributed by atoms with van der Waals surface area (Å²) in [5, 5.41) is 3.10. The van der Waals surface area contributed by atoms with Crippen LogP contribution in [-0.4, -0.2) is 27.0 Å². The van der Waals surface area contributed by atoms with E-state index in [4.69, 9.17) is 9.15 Å². The number of oxazole rings is 1. The largest absolute Gasteiger partial charge is 0.497 e. The van der Waals surface area contributed by atoms with Gasteiger partial charge in [-0.2, -0.15) is 0 Å². The molecule has 0 fully saturated rings. The van der Waals surface area contributed by atoms with Gasteiger partial charge in [0.2, 0.25) is 11.8 Å². The van der Waals surface area contributed by atoms with Crippen molar-refractivity contribution in [2.45, 2.75) is 6.92 Å². The van der Waals surface area contributed by atoms with Crippen LogP contribution in [0.5, 0.6) is 5.75 Å². The van der Waals surface area contributed by atoms with E-state index in [1.165, 1.54) is 0 Å². The highest BCUT2D eigenvalue weighted by Crippen LogP contribution is 2.22. The van der Waals surface area contributed by atoms with Crippen LogP contribution in [0.4, 0.5) is 11.8 Å². The average molecular weight is 385 g/mol. The number of ether oxygens (including phenoxy) is 1. The minimum absolute atomic E-state index is 0.496. The first kappa shape index (κ1) is 18.4. The number of anilines is 2. The van der Waals surface area contributed by atoms with Crippen LogP contribution in [0.1, 0.15) is 17.1 Å². The minimum atomic E-state index is 0.496. The molecule has 4 rings (SSSR count). The summed E-state index contributed by atoms with van der Waals surface area (Å²) in [6.45, 7) is 1.91. The Hall–Kier alpha value is -4.00. The second-order valence-corrected chi connectivity index (χ2v) is 6.22. The van der Waals surface area contributed by atoms with Crippen molar-refractivity contribution in [3.63, 3.8) is 0 Å². The first-order valence-corrected chi connectivity index (χ1v) is 9.02. The van der Waals surface area contributed by atoms with Gasteiger partial charge in [-0.3, -0.25) is 0 Å². The third-order valence-electron chi connectivity index (χ3n) is 4.09. The van der Waals surface area contributed by atoms with Gasteiger partial charge in [0, 0.05) is 18.0 Å². The van der Waals surface area contributed by atoms with Crippen molar-refractivity contribution in [3.8, 4) is 17.2 Å². The number of aromatic nitrogens is 4. The molecule has 3 aromatic heterocycles. The standard InChI is InChI=1S/C22H19N5O2/c1-15-12-13-23-22(25-15)27-20-5-3-4-18(26-20)19-14-24-21(29-19)11-8-16-6-9-17(28-2)10-7-16/h3-14H,1-2H3,(H,23,25,26,27)/b11-8+. The molecule has 29 heavy (non-hydrogen) atoms. The fraction of sp³-hybridized carbons (Fsp3) is 0.0909. The number of nitrogens with one attached hydrogen (secondary N) is 1. The maximum Gasteiger partial charge on any atom is 0.228 e. The van der Waals surface area contributed by atoms with Crippen molar-refractivity contribution < 1.29 is 9.15 Å². The van der Waals surface area contributed by atoms with Crippen LogP contribution in [0.2, 0.25) is 0 Å². The van der Waals surface area contributed by atoms with Crippen LogP contribution < -0.4 is 10.1 Å². The molecule has 1 N–H and O–H groups in total. The smallest absolute Gasteiger partial charge is 0.228 e. The first-order chi connectivity index (χ1) is 14.2. The fourth-order valence-corrected chi connectivity index (χ4v) is 2.63. The lowest BCUT2D eigenvalue weighted by Gasteiger charge is -2.05. The molecule has 0 amide bonds. The van der Waals surface area contributed by atoms with Gasteiger partial charge in [0.25, 0.3) is 0 Å². The maximum atomic E-state index is 5.82. The van der Waals surface area contributed by atoms with E-state index >= 15 is 0 Å². The number of methoxy groups -OCH3 is 1. The van der Waals surface area contributed by atoms with Gasteiger partial charge in [-0.25, -0.2) is 19.9 Å². The van der Waals surface area contributed by atoms with Crippen molar-refractivity contribution in [2.24, 2.45) is 0 Å². The molecule has 4 aromatic rings. The average Bonchev–Trinajstić information content (AvgIpc) is 3.22. The van der Waals surface area contributed by atoms with Crippen molar-refractivity contribution in [1.29, 1.82) is 0 Å². The van der Waals surface area contributed by atoms with E-state index < -0.39 is 0 Å². The monoisotopic (exact) mass is 385 g/mol. The second kappa shape index (κ2) is 8.35. The molecule has 0 atom stereocenters. The van der Waals surface area contributed by atoms with Crippen LogP contribution in [0.25, 0.3) is 23.6 Å². The Morgan fingerprint density at radius 3 is 2.62 bits per heavy atom. The quantitative estimate of drug-likeness (QED) is 0.512. The highest BCUT2D eigenvalue weighted by molar-refractivity contribution is 5.67. The van der Waals surface area contributed by atoms with Crippen molar-refractivity contribution >= 4 is 23.9 Å². The summed E-state index contributed by atoms with van der Waals surface area (Å²) in [4.78, 5) is 17.4. The molecule has 0 aliphatic rings. The van der Waals surface area contributed by atoms with Gasteiger partial charge in [-0.05, 0) is 48.9 Å². The van der Waals surface area contributed by atoms with E-state index in [1.807, 2.05) is 67.6 Å². The lowest BCUT2D eigenvalue weighted by Crippen LogP contribution is -1.99. The minimum Gasteiger partial charge on any atom is -0.497 e. The van der Waals surface area contributed by atoms with Gasteiger partial charge in [-0.15, -0.1) is 0 Å². The molecular weight excluding hydrogens is 366 g/mol. The Kier molecular flexibility index (Phi) is 5.29. The van der Waals surface area contributed by atoms with Crippen molar-refractivity contribution in [3.05, 3.63) is 78.1 Å². The Morgan fingerprint density at radius 1 is 0.966 bits per heavy atom. The highest BCUT2D eigenvalue weighted by Gasteiger charge is 2.08. The van der Waals surface area contributed by atoms with Crippen LogP contribution >= 0.6 is 0 Å². The summed E-state index contributed by atoms with van der Waals surface area (Å²) >= 11 is 0. The Morgan fingerprint density at radius 2 is 1.83 bits per heavy atom. The van der Waals surface area contributed by atoms with Crippen LogP contribution in [-0.2, 0) is 0 Å². The molecule has 0 bridgehead atoms. The van der Waals surface area contributed by atoms with Gasteiger partial charge in [0.1, 0.15) is 17.3 Å². The van der Waals surface area contributed by atoms with Gasteiger partial charge >= 0.3 is 0 Å². The lowest BCUT2D eigenvalue weighted by atomic mass is 10.2. The molecule has 144 valence electrons. The Labute approximate surface area is 168 Å². The van der Waals surface area contributed by atoms with E-state index in [1.54, 1.807) is 19.5 Å². The topological polar surface area (TPSA) is 86.0 Å². The predicted octanol–water partition coefficient (Wildman–Crippen LogP) is 4.76. The number of hydrogen-bond donors (Lipinski definition) is 1. The summed E-state index contributed by atoms with van der Waals surface area (Å²) in [6, 6.07) is 15.2. The molecule has 0 saturated heterocycles. The van der Waals surface area contributed by atoms with Crippen LogP contribution in [0.15, 0.2) is 65.3 Å². The van der Waals surface area contributed by atoms with Crippen molar-refractivity contribution in [2.75, 3.05) is 12.4 Å². The van der Waals surface area contributed by atoms with E-state index in [0.717, 1.165) is 17.0 Å².